The molecule has 1 aliphatic carbocycles. The van der Waals surface area contributed by atoms with E-state index >= 15 is 0 Å². The number of alkyl halides is 3. The molecule has 1 atom stereocenters. The molecule has 6 heteroatoms. The van der Waals surface area contributed by atoms with E-state index in [-0.39, 0.29) is 17.0 Å². The van der Waals surface area contributed by atoms with Crippen molar-refractivity contribution < 1.29 is 13.2 Å². The Morgan fingerprint density at radius 2 is 2.00 bits per heavy atom. The third-order valence-corrected chi connectivity index (χ3v) is 5.15. The van der Waals surface area contributed by atoms with E-state index in [2.05, 4.69) is 4.99 Å². The fraction of sp³-hybridized carbons (Fsp3) is 0.619. The normalized spacial score (nSPS) is 17.9. The second kappa shape index (κ2) is 8.03. The Balaban J connectivity index is 2.30. The Bertz CT molecular complexity index is 783. The third-order valence-electron chi connectivity index (χ3n) is 5.15. The molecule has 0 spiro atoms. The summed E-state index contributed by atoms with van der Waals surface area (Å²) in [6, 6.07) is 2.90. The van der Waals surface area contributed by atoms with Gasteiger partial charge in [0.1, 0.15) is 5.71 Å². The average molecular weight is 382 g/mol. The van der Waals surface area contributed by atoms with Crippen molar-refractivity contribution in [3.05, 3.63) is 40.3 Å². The Morgan fingerprint density at radius 3 is 2.48 bits per heavy atom. The van der Waals surface area contributed by atoms with Crippen LogP contribution in [0.1, 0.15) is 71.9 Å². The van der Waals surface area contributed by atoms with E-state index in [1.54, 1.807) is 30.7 Å². The molecule has 1 heterocycles. The lowest BCUT2D eigenvalue weighted by molar-refractivity contribution is -0.0581. The highest BCUT2D eigenvalue weighted by atomic mass is 19.4. The number of allylic oxidation sites excluding steroid dienone is 2. The van der Waals surface area contributed by atoms with Crippen LogP contribution < -0.4 is 5.56 Å². The first-order valence-electron chi connectivity index (χ1n) is 9.49. The molecule has 3 nitrogen and oxygen atoms in total. The predicted octanol–water partition coefficient (Wildman–Crippen LogP) is 5.80. The lowest BCUT2D eigenvalue weighted by atomic mass is 9.84. The first-order valence-corrected chi connectivity index (χ1v) is 9.49. The van der Waals surface area contributed by atoms with Gasteiger partial charge in [0.15, 0.2) is 0 Å². The number of aromatic nitrogens is 1. The standard InChI is InChI=1S/C21H29F3N2O/c1-6-20(4,5)13-15(3)25-18(21(22,23)24)11-14(2)16-9-10-26(17-7-8-17)19(27)12-16/h9-12,15,17H,6-8,13H2,1-5H3/b14-11+,25-18?. The molecule has 1 unspecified atom stereocenters. The Morgan fingerprint density at radius 1 is 1.37 bits per heavy atom. The molecule has 27 heavy (non-hydrogen) atoms. The number of halogens is 3. The van der Waals surface area contributed by atoms with Gasteiger partial charge in [0.25, 0.3) is 5.56 Å². The highest BCUT2D eigenvalue weighted by Gasteiger charge is 2.35. The van der Waals surface area contributed by atoms with E-state index < -0.39 is 17.9 Å². The summed E-state index contributed by atoms with van der Waals surface area (Å²) < 4.78 is 42.1. The largest absolute Gasteiger partial charge is 0.432 e. The first-order chi connectivity index (χ1) is 12.4. The Kier molecular flexibility index (Phi) is 6.38. The molecule has 1 saturated carbocycles. The zero-order valence-electron chi connectivity index (χ0n) is 16.7. The van der Waals surface area contributed by atoms with Crippen molar-refractivity contribution in [1.29, 1.82) is 0 Å². The van der Waals surface area contributed by atoms with Crippen LogP contribution in [0, 0.1) is 5.41 Å². The topological polar surface area (TPSA) is 34.4 Å². The van der Waals surface area contributed by atoms with Crippen LogP contribution in [-0.4, -0.2) is 22.5 Å². The monoisotopic (exact) mass is 382 g/mol. The molecule has 1 aliphatic rings. The zero-order valence-corrected chi connectivity index (χ0v) is 16.7. The second-order valence-electron chi connectivity index (χ2n) is 8.30. The highest BCUT2D eigenvalue weighted by molar-refractivity contribution is 6.04. The van der Waals surface area contributed by atoms with Crippen LogP contribution in [0.5, 0.6) is 0 Å². The van der Waals surface area contributed by atoms with E-state index in [9.17, 15) is 18.0 Å². The summed E-state index contributed by atoms with van der Waals surface area (Å²) in [4.78, 5) is 16.1. The van der Waals surface area contributed by atoms with Crippen molar-refractivity contribution in [2.75, 3.05) is 0 Å². The van der Waals surface area contributed by atoms with Gasteiger partial charge in [-0.05, 0) is 61.8 Å². The second-order valence-corrected chi connectivity index (χ2v) is 8.30. The minimum atomic E-state index is -4.53. The summed E-state index contributed by atoms with van der Waals surface area (Å²) in [5.41, 5.74) is -0.258. The third kappa shape index (κ3) is 6.08. The molecule has 0 aromatic carbocycles. The van der Waals surface area contributed by atoms with Crippen LogP contribution in [0.25, 0.3) is 5.57 Å². The summed E-state index contributed by atoms with van der Waals surface area (Å²) in [5, 5.41) is 0. The van der Waals surface area contributed by atoms with Gasteiger partial charge in [-0.25, -0.2) is 0 Å². The van der Waals surface area contributed by atoms with Gasteiger partial charge in [-0.2, -0.15) is 13.2 Å². The number of pyridine rings is 1. The minimum absolute atomic E-state index is 0.0638. The SMILES string of the molecule is CCC(C)(C)CC(C)N=C(/C=C(\C)c1ccn(C2CC2)c(=O)c1)C(F)(F)F. The fourth-order valence-corrected chi connectivity index (χ4v) is 3.10. The van der Waals surface area contributed by atoms with E-state index in [1.165, 1.54) is 6.07 Å². The van der Waals surface area contributed by atoms with Crippen molar-refractivity contribution in [3.63, 3.8) is 0 Å². The van der Waals surface area contributed by atoms with Gasteiger partial charge < -0.3 is 4.57 Å². The number of rotatable bonds is 7. The van der Waals surface area contributed by atoms with Gasteiger partial charge in [0.2, 0.25) is 0 Å². The summed E-state index contributed by atoms with van der Waals surface area (Å²) in [6.07, 6.45) is 1.59. The molecular formula is C21H29F3N2O. The van der Waals surface area contributed by atoms with Crippen LogP contribution in [0.4, 0.5) is 13.2 Å². The lowest BCUT2D eigenvalue weighted by Gasteiger charge is -2.25. The molecule has 0 radical (unpaired) electrons. The van der Waals surface area contributed by atoms with Gasteiger partial charge >= 0.3 is 6.18 Å². The quantitative estimate of drug-likeness (QED) is 0.548. The fourth-order valence-electron chi connectivity index (χ4n) is 3.10. The molecule has 1 fully saturated rings. The maximum atomic E-state index is 13.5. The maximum Gasteiger partial charge on any atom is 0.432 e. The van der Waals surface area contributed by atoms with Crippen molar-refractivity contribution in [3.8, 4) is 0 Å². The van der Waals surface area contributed by atoms with Crippen molar-refractivity contribution >= 4 is 11.3 Å². The summed E-state index contributed by atoms with van der Waals surface area (Å²) in [5.74, 6) is 0. The molecule has 0 aliphatic heterocycles. The molecule has 1 aromatic rings. The van der Waals surface area contributed by atoms with Gasteiger partial charge in [0, 0.05) is 24.3 Å². The van der Waals surface area contributed by atoms with Crippen LogP contribution in [0.2, 0.25) is 0 Å². The van der Waals surface area contributed by atoms with Crippen LogP contribution >= 0.6 is 0 Å². The van der Waals surface area contributed by atoms with Crippen molar-refractivity contribution in [1.82, 2.24) is 4.57 Å². The molecular weight excluding hydrogens is 353 g/mol. The van der Waals surface area contributed by atoms with Gasteiger partial charge in [0.05, 0.1) is 0 Å². The Hall–Kier alpha value is -1.85. The number of hydrogen-bond acceptors (Lipinski definition) is 2. The van der Waals surface area contributed by atoms with Crippen molar-refractivity contribution in [2.24, 2.45) is 10.4 Å². The van der Waals surface area contributed by atoms with Crippen molar-refractivity contribution in [2.45, 2.75) is 78.6 Å². The number of hydrogen-bond donors (Lipinski definition) is 0. The zero-order chi connectivity index (χ0) is 20.4. The van der Waals surface area contributed by atoms with E-state index in [1.807, 2.05) is 20.8 Å². The molecule has 0 amide bonds. The molecule has 0 N–H and O–H groups in total. The van der Waals surface area contributed by atoms with Gasteiger partial charge in [-0.3, -0.25) is 9.79 Å². The number of nitrogens with zero attached hydrogens (tertiary/aromatic N) is 2. The van der Waals surface area contributed by atoms with E-state index in [0.717, 1.165) is 25.3 Å². The molecule has 150 valence electrons. The van der Waals surface area contributed by atoms with E-state index in [0.29, 0.717) is 17.6 Å². The van der Waals surface area contributed by atoms with Gasteiger partial charge in [-0.1, -0.05) is 27.2 Å². The summed E-state index contributed by atoms with van der Waals surface area (Å²) in [6.45, 7) is 9.38. The smallest absolute Gasteiger partial charge is 0.312 e. The van der Waals surface area contributed by atoms with Crippen LogP contribution in [0.3, 0.4) is 0 Å². The van der Waals surface area contributed by atoms with E-state index in [4.69, 9.17) is 0 Å². The average Bonchev–Trinajstić information content (AvgIpc) is 3.37. The molecule has 1 aromatic heterocycles. The van der Waals surface area contributed by atoms with Crippen LogP contribution in [-0.2, 0) is 0 Å². The first kappa shape index (κ1) is 21.5. The molecule has 0 saturated heterocycles. The van der Waals surface area contributed by atoms with Crippen LogP contribution in [0.15, 0.2) is 34.2 Å². The predicted molar refractivity (Wildman–Crippen MR) is 104 cm³/mol. The Labute approximate surface area is 159 Å². The number of aliphatic imine (C=N–C) groups is 1. The molecule has 0 bridgehead atoms. The lowest BCUT2D eigenvalue weighted by Crippen LogP contribution is -2.25. The minimum Gasteiger partial charge on any atom is -0.312 e. The highest BCUT2D eigenvalue weighted by Crippen LogP contribution is 2.33. The molecule has 2 rings (SSSR count). The summed E-state index contributed by atoms with van der Waals surface area (Å²) >= 11 is 0. The maximum absolute atomic E-state index is 13.5. The summed E-state index contributed by atoms with van der Waals surface area (Å²) in [7, 11) is 0. The van der Waals surface area contributed by atoms with Gasteiger partial charge in [-0.15, -0.1) is 0 Å².